The van der Waals surface area contributed by atoms with Crippen LogP contribution in [-0.2, 0) is 0 Å². The molecule has 0 spiro atoms. The van der Waals surface area contributed by atoms with E-state index in [0.717, 1.165) is 18.1 Å². The highest BCUT2D eigenvalue weighted by Crippen LogP contribution is 2.34. The summed E-state index contributed by atoms with van der Waals surface area (Å²) in [5.74, 6) is 2.03. The number of nitrogens with one attached hydrogen (secondary N) is 1. The molecule has 0 aliphatic heterocycles. The fraction of sp³-hybridized carbons (Fsp3) is 1.00. The van der Waals surface area contributed by atoms with Crippen molar-refractivity contribution >= 4 is 11.8 Å². The van der Waals surface area contributed by atoms with Crippen molar-refractivity contribution < 1.29 is 5.11 Å². The van der Waals surface area contributed by atoms with E-state index in [4.69, 9.17) is 0 Å². The summed E-state index contributed by atoms with van der Waals surface area (Å²) in [6, 6.07) is 0.960. The standard InChI is InChI=1S/C11H23NOS/c1-3-11(9-4-5-9)12-10(8-13)6-7-14-2/h9-13H,3-8H2,1-2H3. The number of hydrogen-bond acceptors (Lipinski definition) is 3. The van der Waals surface area contributed by atoms with Crippen molar-refractivity contribution in [3.63, 3.8) is 0 Å². The van der Waals surface area contributed by atoms with E-state index < -0.39 is 0 Å². The second-order valence-electron chi connectivity index (χ2n) is 4.18. The lowest BCUT2D eigenvalue weighted by molar-refractivity contribution is 0.222. The second kappa shape index (κ2) is 6.70. The largest absolute Gasteiger partial charge is 0.395 e. The average Bonchev–Trinajstić information content (AvgIpc) is 3.02. The number of hydrogen-bond donors (Lipinski definition) is 2. The maximum atomic E-state index is 9.23. The summed E-state index contributed by atoms with van der Waals surface area (Å²) in [6.07, 6.45) is 7.16. The van der Waals surface area contributed by atoms with E-state index in [-0.39, 0.29) is 6.61 Å². The highest BCUT2D eigenvalue weighted by atomic mass is 32.2. The summed E-state index contributed by atoms with van der Waals surface area (Å²) in [5, 5.41) is 12.8. The molecule has 0 saturated heterocycles. The summed E-state index contributed by atoms with van der Waals surface area (Å²) >= 11 is 1.85. The van der Waals surface area contributed by atoms with Crippen LogP contribution in [0.2, 0.25) is 0 Å². The predicted molar refractivity (Wildman–Crippen MR) is 63.8 cm³/mol. The maximum Gasteiger partial charge on any atom is 0.0585 e. The van der Waals surface area contributed by atoms with E-state index in [1.165, 1.54) is 19.3 Å². The molecule has 1 saturated carbocycles. The van der Waals surface area contributed by atoms with Crippen molar-refractivity contribution in [1.29, 1.82) is 0 Å². The zero-order valence-corrected chi connectivity index (χ0v) is 10.1. The van der Waals surface area contributed by atoms with Crippen LogP contribution in [0.1, 0.15) is 32.6 Å². The molecule has 0 amide bonds. The van der Waals surface area contributed by atoms with Crippen molar-refractivity contribution in [2.75, 3.05) is 18.6 Å². The molecule has 0 bridgehead atoms. The second-order valence-corrected chi connectivity index (χ2v) is 5.17. The van der Waals surface area contributed by atoms with Crippen LogP contribution in [-0.4, -0.2) is 35.8 Å². The maximum absolute atomic E-state index is 9.23. The highest BCUT2D eigenvalue weighted by Gasteiger charge is 2.30. The minimum atomic E-state index is 0.282. The molecule has 2 unspecified atom stereocenters. The predicted octanol–water partition coefficient (Wildman–Crippen LogP) is 1.88. The van der Waals surface area contributed by atoms with Crippen molar-refractivity contribution in [3.8, 4) is 0 Å². The smallest absolute Gasteiger partial charge is 0.0585 e. The van der Waals surface area contributed by atoms with Crippen molar-refractivity contribution in [1.82, 2.24) is 5.32 Å². The molecule has 1 aliphatic carbocycles. The molecule has 2 N–H and O–H groups in total. The molecule has 14 heavy (non-hydrogen) atoms. The lowest BCUT2D eigenvalue weighted by Crippen LogP contribution is -2.41. The van der Waals surface area contributed by atoms with Crippen LogP contribution in [0.25, 0.3) is 0 Å². The highest BCUT2D eigenvalue weighted by molar-refractivity contribution is 7.98. The Hall–Kier alpha value is 0.270. The third-order valence-corrected chi connectivity index (χ3v) is 3.62. The molecule has 1 aliphatic rings. The van der Waals surface area contributed by atoms with Crippen LogP contribution in [0.4, 0.5) is 0 Å². The first kappa shape index (κ1) is 12.3. The van der Waals surface area contributed by atoms with Crippen molar-refractivity contribution in [2.45, 2.75) is 44.7 Å². The molecule has 3 heteroatoms. The molecular weight excluding hydrogens is 194 g/mol. The SMILES string of the molecule is CCC(NC(CO)CCSC)C1CC1. The molecule has 0 aromatic carbocycles. The molecule has 0 aromatic rings. The fourth-order valence-electron chi connectivity index (χ4n) is 1.88. The summed E-state index contributed by atoms with van der Waals surface area (Å²) < 4.78 is 0. The third kappa shape index (κ3) is 4.20. The lowest BCUT2D eigenvalue weighted by Gasteiger charge is -2.23. The molecule has 2 nitrogen and oxygen atoms in total. The van der Waals surface area contributed by atoms with Crippen LogP contribution in [0.5, 0.6) is 0 Å². The normalized spacial score (nSPS) is 20.8. The van der Waals surface area contributed by atoms with Gasteiger partial charge in [-0.05, 0) is 43.6 Å². The summed E-state index contributed by atoms with van der Waals surface area (Å²) in [7, 11) is 0. The molecule has 0 aromatic heterocycles. The first-order valence-corrected chi connectivity index (χ1v) is 7.07. The number of thioether (sulfide) groups is 1. The summed E-state index contributed by atoms with van der Waals surface area (Å²) in [4.78, 5) is 0. The number of aliphatic hydroxyl groups excluding tert-OH is 1. The molecule has 1 fully saturated rings. The van der Waals surface area contributed by atoms with Gasteiger partial charge in [-0.1, -0.05) is 6.92 Å². The van der Waals surface area contributed by atoms with Crippen LogP contribution < -0.4 is 5.32 Å². The van der Waals surface area contributed by atoms with E-state index in [1.807, 2.05) is 11.8 Å². The van der Waals surface area contributed by atoms with Crippen molar-refractivity contribution in [2.24, 2.45) is 5.92 Å². The Kier molecular flexibility index (Phi) is 5.90. The number of rotatable bonds is 8. The van der Waals surface area contributed by atoms with E-state index >= 15 is 0 Å². The van der Waals surface area contributed by atoms with Gasteiger partial charge in [-0.15, -0.1) is 0 Å². The van der Waals surface area contributed by atoms with Gasteiger partial charge in [0.1, 0.15) is 0 Å². The Bertz CT molecular complexity index is 150. The van der Waals surface area contributed by atoms with Crippen LogP contribution in [0.3, 0.4) is 0 Å². The summed E-state index contributed by atoms with van der Waals surface area (Å²) in [5.41, 5.74) is 0. The molecular formula is C11H23NOS. The monoisotopic (exact) mass is 217 g/mol. The Labute approximate surface area is 91.9 Å². The zero-order valence-electron chi connectivity index (χ0n) is 9.33. The average molecular weight is 217 g/mol. The van der Waals surface area contributed by atoms with Gasteiger partial charge in [-0.3, -0.25) is 0 Å². The summed E-state index contributed by atoms with van der Waals surface area (Å²) in [6.45, 7) is 2.52. The quantitative estimate of drug-likeness (QED) is 0.651. The van der Waals surface area contributed by atoms with Gasteiger partial charge in [0, 0.05) is 12.1 Å². The van der Waals surface area contributed by atoms with Gasteiger partial charge in [0.25, 0.3) is 0 Å². The minimum absolute atomic E-state index is 0.282. The van der Waals surface area contributed by atoms with Gasteiger partial charge >= 0.3 is 0 Å². The van der Waals surface area contributed by atoms with Crippen LogP contribution in [0.15, 0.2) is 0 Å². The van der Waals surface area contributed by atoms with Gasteiger partial charge in [-0.2, -0.15) is 11.8 Å². The van der Waals surface area contributed by atoms with Crippen LogP contribution >= 0.6 is 11.8 Å². The molecule has 0 heterocycles. The molecule has 0 radical (unpaired) electrons. The first-order valence-electron chi connectivity index (χ1n) is 5.67. The Balaban J connectivity index is 2.22. The van der Waals surface area contributed by atoms with E-state index in [1.54, 1.807) is 0 Å². The molecule has 2 atom stereocenters. The topological polar surface area (TPSA) is 32.3 Å². The van der Waals surface area contributed by atoms with E-state index in [0.29, 0.717) is 12.1 Å². The van der Waals surface area contributed by atoms with Crippen molar-refractivity contribution in [3.05, 3.63) is 0 Å². The fourth-order valence-corrected chi connectivity index (χ4v) is 2.40. The van der Waals surface area contributed by atoms with E-state index in [9.17, 15) is 5.11 Å². The number of aliphatic hydroxyl groups is 1. The Morgan fingerprint density at radius 3 is 2.64 bits per heavy atom. The van der Waals surface area contributed by atoms with Gasteiger partial charge in [0.2, 0.25) is 0 Å². The third-order valence-electron chi connectivity index (χ3n) is 2.97. The lowest BCUT2D eigenvalue weighted by atomic mass is 10.1. The van der Waals surface area contributed by atoms with Gasteiger partial charge < -0.3 is 10.4 Å². The first-order chi connectivity index (χ1) is 6.81. The zero-order chi connectivity index (χ0) is 10.4. The van der Waals surface area contributed by atoms with Gasteiger partial charge in [0.15, 0.2) is 0 Å². The Morgan fingerprint density at radius 1 is 1.50 bits per heavy atom. The Morgan fingerprint density at radius 2 is 2.21 bits per heavy atom. The molecule has 1 rings (SSSR count). The minimum Gasteiger partial charge on any atom is -0.395 e. The van der Waals surface area contributed by atoms with Gasteiger partial charge in [-0.25, -0.2) is 0 Å². The van der Waals surface area contributed by atoms with Crippen LogP contribution in [0, 0.1) is 5.92 Å². The van der Waals surface area contributed by atoms with Gasteiger partial charge in [0.05, 0.1) is 6.61 Å². The molecule has 84 valence electrons. The van der Waals surface area contributed by atoms with E-state index in [2.05, 4.69) is 18.5 Å².